The SMILES string of the molecule is CCOc1ccccc1/C=C(\Sc1nnc(C)o1)C(=O)O. The first-order chi connectivity index (χ1) is 10.1. The fraction of sp³-hybridized carbons (Fsp3) is 0.214. The lowest BCUT2D eigenvalue weighted by atomic mass is 10.2. The quantitative estimate of drug-likeness (QED) is 0.648. The molecule has 21 heavy (non-hydrogen) atoms. The minimum Gasteiger partial charge on any atom is -0.493 e. The van der Waals surface area contributed by atoms with Gasteiger partial charge in [0.15, 0.2) is 0 Å². The van der Waals surface area contributed by atoms with Gasteiger partial charge in [-0.3, -0.25) is 0 Å². The second-order valence-electron chi connectivity index (χ2n) is 3.97. The van der Waals surface area contributed by atoms with Crippen LogP contribution in [0.25, 0.3) is 6.08 Å². The number of aliphatic carboxylic acids is 1. The molecule has 0 atom stereocenters. The van der Waals surface area contributed by atoms with E-state index in [0.717, 1.165) is 11.8 Å². The molecule has 0 unspecified atom stereocenters. The van der Waals surface area contributed by atoms with Crippen LogP contribution in [0.1, 0.15) is 18.4 Å². The molecule has 1 heterocycles. The van der Waals surface area contributed by atoms with Gasteiger partial charge in [-0.2, -0.15) is 0 Å². The van der Waals surface area contributed by atoms with Gasteiger partial charge >= 0.3 is 5.97 Å². The number of carboxylic acid groups (broad SMARTS) is 1. The first-order valence-electron chi connectivity index (χ1n) is 6.25. The number of hydrogen-bond acceptors (Lipinski definition) is 6. The predicted octanol–water partition coefficient (Wildman–Crippen LogP) is 2.99. The summed E-state index contributed by atoms with van der Waals surface area (Å²) in [7, 11) is 0. The maximum atomic E-state index is 11.4. The molecule has 0 aliphatic carbocycles. The molecule has 0 fully saturated rings. The lowest BCUT2D eigenvalue weighted by Gasteiger charge is -2.07. The Bertz CT molecular complexity index is 666. The van der Waals surface area contributed by atoms with E-state index in [9.17, 15) is 9.90 Å². The lowest BCUT2D eigenvalue weighted by Crippen LogP contribution is -1.98. The van der Waals surface area contributed by atoms with E-state index in [2.05, 4.69) is 10.2 Å². The molecule has 0 amide bonds. The topological polar surface area (TPSA) is 85.5 Å². The maximum absolute atomic E-state index is 11.4. The Hall–Kier alpha value is -2.28. The van der Waals surface area contributed by atoms with E-state index in [4.69, 9.17) is 9.15 Å². The highest BCUT2D eigenvalue weighted by Crippen LogP contribution is 2.30. The summed E-state index contributed by atoms with van der Waals surface area (Å²) >= 11 is 0.905. The number of para-hydroxylation sites is 1. The Labute approximate surface area is 125 Å². The van der Waals surface area contributed by atoms with E-state index in [1.807, 2.05) is 19.1 Å². The molecular formula is C14H14N2O4S. The summed E-state index contributed by atoms with van der Waals surface area (Å²) in [4.78, 5) is 11.4. The second-order valence-corrected chi connectivity index (χ2v) is 4.97. The average Bonchev–Trinajstić information content (AvgIpc) is 2.86. The Morgan fingerprint density at radius 3 is 2.81 bits per heavy atom. The Balaban J connectivity index is 2.31. The third-order valence-electron chi connectivity index (χ3n) is 2.42. The molecule has 7 heteroatoms. The van der Waals surface area contributed by atoms with Crippen molar-refractivity contribution in [2.45, 2.75) is 19.1 Å². The monoisotopic (exact) mass is 306 g/mol. The van der Waals surface area contributed by atoms with Gasteiger partial charge in [0.25, 0.3) is 5.22 Å². The van der Waals surface area contributed by atoms with Crippen molar-refractivity contribution in [3.63, 3.8) is 0 Å². The minimum absolute atomic E-state index is 0.0748. The van der Waals surface area contributed by atoms with Crippen molar-refractivity contribution >= 4 is 23.8 Å². The molecule has 0 radical (unpaired) electrons. The first kappa shape index (κ1) is 15.1. The summed E-state index contributed by atoms with van der Waals surface area (Å²) in [5.41, 5.74) is 0.681. The van der Waals surface area contributed by atoms with Crippen LogP contribution in [0.3, 0.4) is 0 Å². The molecular weight excluding hydrogens is 292 g/mol. The number of aryl methyl sites for hydroxylation is 1. The van der Waals surface area contributed by atoms with Crippen LogP contribution in [-0.4, -0.2) is 27.9 Å². The smallest absolute Gasteiger partial charge is 0.342 e. The van der Waals surface area contributed by atoms with Crippen LogP contribution in [0.4, 0.5) is 0 Å². The van der Waals surface area contributed by atoms with Crippen LogP contribution < -0.4 is 4.74 Å². The number of carboxylic acids is 1. The normalized spacial score (nSPS) is 11.4. The predicted molar refractivity (Wildman–Crippen MR) is 78.1 cm³/mol. The highest BCUT2D eigenvalue weighted by atomic mass is 32.2. The van der Waals surface area contributed by atoms with Crippen LogP contribution in [-0.2, 0) is 4.79 Å². The van der Waals surface area contributed by atoms with Gasteiger partial charge < -0.3 is 14.3 Å². The van der Waals surface area contributed by atoms with Crippen molar-refractivity contribution in [1.29, 1.82) is 0 Å². The first-order valence-corrected chi connectivity index (χ1v) is 7.06. The number of ether oxygens (including phenoxy) is 1. The highest BCUT2D eigenvalue weighted by molar-refractivity contribution is 8.03. The molecule has 0 aliphatic heterocycles. The summed E-state index contributed by atoms with van der Waals surface area (Å²) in [5.74, 6) is -0.0554. The molecule has 2 aromatic rings. The standard InChI is InChI=1S/C14H14N2O4S/c1-3-19-11-7-5-4-6-10(11)8-12(13(17)18)21-14-16-15-9(2)20-14/h4-8H,3H2,1-2H3,(H,17,18)/b12-8-. The molecule has 110 valence electrons. The molecule has 6 nitrogen and oxygen atoms in total. The van der Waals surface area contributed by atoms with Crippen molar-refractivity contribution in [3.05, 3.63) is 40.6 Å². The van der Waals surface area contributed by atoms with Gasteiger partial charge in [-0.05, 0) is 30.8 Å². The van der Waals surface area contributed by atoms with E-state index in [0.29, 0.717) is 23.8 Å². The Morgan fingerprint density at radius 2 is 2.19 bits per heavy atom. The number of aromatic nitrogens is 2. The fourth-order valence-corrected chi connectivity index (χ4v) is 2.28. The molecule has 1 aromatic carbocycles. The minimum atomic E-state index is -1.07. The van der Waals surface area contributed by atoms with E-state index >= 15 is 0 Å². The van der Waals surface area contributed by atoms with E-state index in [1.54, 1.807) is 19.1 Å². The number of hydrogen-bond donors (Lipinski definition) is 1. The van der Waals surface area contributed by atoms with Crippen molar-refractivity contribution in [2.24, 2.45) is 0 Å². The number of rotatable bonds is 6. The molecule has 2 rings (SSSR count). The van der Waals surface area contributed by atoms with E-state index in [1.165, 1.54) is 6.08 Å². The van der Waals surface area contributed by atoms with Gasteiger partial charge in [-0.25, -0.2) is 4.79 Å². The third-order valence-corrected chi connectivity index (χ3v) is 3.27. The summed E-state index contributed by atoms with van der Waals surface area (Å²) < 4.78 is 10.7. The molecule has 0 aliphatic rings. The van der Waals surface area contributed by atoms with Crippen molar-refractivity contribution in [1.82, 2.24) is 10.2 Å². The molecule has 0 saturated heterocycles. The summed E-state index contributed by atoms with van der Waals surface area (Å²) in [5, 5.41) is 16.9. The molecule has 1 aromatic heterocycles. The molecule has 0 bridgehead atoms. The van der Waals surface area contributed by atoms with E-state index < -0.39 is 5.97 Å². The molecule has 0 saturated carbocycles. The Morgan fingerprint density at radius 1 is 1.43 bits per heavy atom. The van der Waals surface area contributed by atoms with Crippen LogP contribution in [0, 0.1) is 6.92 Å². The fourth-order valence-electron chi connectivity index (χ4n) is 1.58. The highest BCUT2D eigenvalue weighted by Gasteiger charge is 2.15. The Kier molecular flexibility index (Phi) is 4.99. The van der Waals surface area contributed by atoms with Gasteiger partial charge in [-0.15, -0.1) is 10.2 Å². The zero-order valence-corrected chi connectivity index (χ0v) is 12.4. The zero-order chi connectivity index (χ0) is 15.2. The average molecular weight is 306 g/mol. The van der Waals surface area contributed by atoms with Gasteiger partial charge in [0.1, 0.15) is 10.7 Å². The van der Waals surface area contributed by atoms with Gasteiger partial charge in [0, 0.05) is 12.5 Å². The largest absolute Gasteiger partial charge is 0.493 e. The molecule has 1 N–H and O–H groups in total. The van der Waals surface area contributed by atoms with Crippen LogP contribution in [0.15, 0.2) is 38.8 Å². The number of benzene rings is 1. The zero-order valence-electron chi connectivity index (χ0n) is 11.6. The second kappa shape index (κ2) is 6.94. The van der Waals surface area contributed by atoms with Crippen LogP contribution >= 0.6 is 11.8 Å². The number of carbonyl (C=O) groups is 1. The summed E-state index contributed by atoms with van der Waals surface area (Å²) in [6.45, 7) is 4.02. The van der Waals surface area contributed by atoms with Crippen molar-refractivity contribution in [2.75, 3.05) is 6.61 Å². The van der Waals surface area contributed by atoms with Crippen molar-refractivity contribution in [3.8, 4) is 5.75 Å². The van der Waals surface area contributed by atoms with Gasteiger partial charge in [-0.1, -0.05) is 18.2 Å². The molecule has 0 spiro atoms. The lowest BCUT2D eigenvalue weighted by molar-refractivity contribution is -0.131. The van der Waals surface area contributed by atoms with E-state index in [-0.39, 0.29) is 10.1 Å². The van der Waals surface area contributed by atoms with Crippen LogP contribution in [0.2, 0.25) is 0 Å². The van der Waals surface area contributed by atoms with Gasteiger partial charge in [0.2, 0.25) is 5.89 Å². The number of nitrogens with zero attached hydrogens (tertiary/aromatic N) is 2. The third kappa shape index (κ3) is 4.09. The summed E-state index contributed by atoms with van der Waals surface area (Å²) in [6.07, 6.45) is 1.53. The van der Waals surface area contributed by atoms with Gasteiger partial charge in [0.05, 0.1) is 6.61 Å². The van der Waals surface area contributed by atoms with Crippen LogP contribution in [0.5, 0.6) is 5.75 Å². The number of thioether (sulfide) groups is 1. The van der Waals surface area contributed by atoms with Crippen molar-refractivity contribution < 1.29 is 19.1 Å². The maximum Gasteiger partial charge on any atom is 0.342 e. The summed E-state index contributed by atoms with van der Waals surface area (Å²) in [6, 6.07) is 7.22.